The van der Waals surface area contributed by atoms with Gasteiger partial charge < -0.3 is 5.32 Å². The maximum absolute atomic E-state index is 13.7. The molecule has 0 spiro atoms. The van der Waals surface area contributed by atoms with Crippen LogP contribution < -0.4 is 9.62 Å². The van der Waals surface area contributed by atoms with Gasteiger partial charge in [0.15, 0.2) is 0 Å². The highest BCUT2D eigenvalue weighted by molar-refractivity contribution is 7.92. The van der Waals surface area contributed by atoms with Gasteiger partial charge in [-0.05, 0) is 73.2 Å². The number of benzene rings is 3. The first-order chi connectivity index (χ1) is 15.8. The lowest BCUT2D eigenvalue weighted by atomic mass is 10.0. The molecule has 1 aliphatic rings. The van der Waals surface area contributed by atoms with E-state index in [1.807, 2.05) is 13.0 Å². The number of nitrogens with zero attached hydrogens (tertiary/aromatic N) is 1. The number of amides is 1. The second kappa shape index (κ2) is 9.53. The van der Waals surface area contributed by atoms with Crippen molar-refractivity contribution in [3.63, 3.8) is 0 Å². The number of rotatable bonds is 7. The molecule has 0 aliphatic heterocycles. The van der Waals surface area contributed by atoms with Gasteiger partial charge in [0.1, 0.15) is 12.4 Å². The first kappa shape index (κ1) is 23.3. The summed E-state index contributed by atoms with van der Waals surface area (Å²) >= 11 is 5.90. The minimum Gasteiger partial charge on any atom is -0.348 e. The fourth-order valence-electron chi connectivity index (χ4n) is 4.04. The lowest BCUT2D eigenvalue weighted by Gasteiger charge is -2.25. The van der Waals surface area contributed by atoms with E-state index in [9.17, 15) is 17.6 Å². The molecule has 0 bridgehead atoms. The third-order valence-electron chi connectivity index (χ3n) is 5.81. The number of carbonyl (C=O) groups excluding carboxylic acids is 1. The van der Waals surface area contributed by atoms with Gasteiger partial charge in [0.25, 0.3) is 10.0 Å². The fraction of sp³-hybridized carbons (Fsp3) is 0.240. The zero-order chi connectivity index (χ0) is 23.6. The molecule has 3 aromatic carbocycles. The molecular formula is C25H24ClFN2O3S. The highest BCUT2D eigenvalue weighted by Gasteiger charge is 2.28. The number of fused-ring (bicyclic) bond motifs is 1. The van der Waals surface area contributed by atoms with Crippen LogP contribution in [-0.2, 0) is 27.7 Å². The third-order valence-corrected chi connectivity index (χ3v) is 7.89. The first-order valence-corrected chi connectivity index (χ1v) is 12.5. The number of nitrogens with one attached hydrogen (secondary N) is 1. The zero-order valence-corrected chi connectivity index (χ0v) is 19.7. The molecule has 0 heterocycles. The van der Waals surface area contributed by atoms with E-state index in [4.69, 9.17) is 11.6 Å². The van der Waals surface area contributed by atoms with Gasteiger partial charge in [0.2, 0.25) is 5.91 Å². The van der Waals surface area contributed by atoms with E-state index in [1.165, 1.54) is 35.4 Å². The first-order valence-electron chi connectivity index (χ1n) is 10.7. The van der Waals surface area contributed by atoms with E-state index in [1.54, 1.807) is 18.2 Å². The number of carbonyl (C=O) groups is 1. The molecule has 5 nitrogen and oxygen atoms in total. The second-order valence-electron chi connectivity index (χ2n) is 8.09. The summed E-state index contributed by atoms with van der Waals surface area (Å²) in [4.78, 5) is 13.0. The Bertz CT molecular complexity index is 1280. The lowest BCUT2D eigenvalue weighted by molar-refractivity contribution is -0.120. The van der Waals surface area contributed by atoms with Gasteiger partial charge in [-0.15, -0.1) is 0 Å². The van der Waals surface area contributed by atoms with E-state index in [0.29, 0.717) is 0 Å². The average Bonchev–Trinajstić information content (AvgIpc) is 3.28. The van der Waals surface area contributed by atoms with E-state index in [2.05, 4.69) is 17.4 Å². The fourth-order valence-corrected chi connectivity index (χ4v) is 5.65. The predicted molar refractivity (Wildman–Crippen MR) is 127 cm³/mol. The summed E-state index contributed by atoms with van der Waals surface area (Å²) < 4.78 is 41.4. The van der Waals surface area contributed by atoms with Gasteiger partial charge in [0, 0.05) is 0 Å². The molecule has 8 heteroatoms. The molecule has 1 amide bonds. The summed E-state index contributed by atoms with van der Waals surface area (Å²) in [5, 5.41) is 2.66. The van der Waals surface area contributed by atoms with E-state index in [-0.39, 0.29) is 21.6 Å². The Balaban J connectivity index is 1.59. The van der Waals surface area contributed by atoms with E-state index in [0.717, 1.165) is 35.2 Å². The second-order valence-corrected chi connectivity index (χ2v) is 10.4. The number of halogens is 2. The summed E-state index contributed by atoms with van der Waals surface area (Å²) in [7, 11) is -4.10. The Morgan fingerprint density at radius 3 is 2.52 bits per heavy atom. The molecule has 0 radical (unpaired) electrons. The highest BCUT2D eigenvalue weighted by atomic mass is 35.5. The minimum absolute atomic E-state index is 0.0184. The lowest BCUT2D eigenvalue weighted by Crippen LogP contribution is -2.41. The quantitative estimate of drug-likeness (QED) is 0.508. The van der Waals surface area contributed by atoms with Gasteiger partial charge >= 0.3 is 0 Å². The van der Waals surface area contributed by atoms with Gasteiger partial charge in [0.05, 0.1) is 21.6 Å². The van der Waals surface area contributed by atoms with Crippen molar-refractivity contribution in [2.75, 3.05) is 10.8 Å². The standard InChI is InChI=1S/C25H24ClFN2O3S/c1-17(19-11-10-18-6-5-7-20(18)14-19)28-25(30)16-29(21-12-13-24(27)23(26)15-21)33(31,32)22-8-3-2-4-9-22/h2-4,8-15,17H,5-7,16H2,1H3,(H,28,30). The SMILES string of the molecule is CC(NC(=O)CN(c1ccc(F)c(Cl)c1)S(=O)(=O)c1ccccc1)c1ccc2c(c1)CCC2. The molecule has 33 heavy (non-hydrogen) atoms. The van der Waals surface area contributed by atoms with Crippen molar-refractivity contribution in [3.05, 3.63) is 94.3 Å². The van der Waals surface area contributed by atoms with Crippen LogP contribution in [0.15, 0.2) is 71.6 Å². The number of anilines is 1. The molecule has 4 rings (SSSR count). The predicted octanol–water partition coefficient (Wildman–Crippen LogP) is 5.04. The summed E-state index contributed by atoms with van der Waals surface area (Å²) in [5.41, 5.74) is 3.70. The Hall–Kier alpha value is -2.90. The van der Waals surface area contributed by atoms with Crippen LogP contribution in [0.3, 0.4) is 0 Å². The molecule has 1 N–H and O–H groups in total. The van der Waals surface area contributed by atoms with E-state index < -0.39 is 28.3 Å². The Morgan fingerprint density at radius 2 is 1.79 bits per heavy atom. The maximum Gasteiger partial charge on any atom is 0.264 e. The number of aryl methyl sites for hydroxylation is 2. The molecule has 1 unspecified atom stereocenters. The van der Waals surface area contributed by atoms with Crippen LogP contribution in [0.5, 0.6) is 0 Å². The molecule has 0 saturated carbocycles. The van der Waals surface area contributed by atoms with Crippen LogP contribution in [0.1, 0.15) is 36.1 Å². The summed E-state index contributed by atoms with van der Waals surface area (Å²) in [6.07, 6.45) is 3.23. The van der Waals surface area contributed by atoms with Gasteiger partial charge in [-0.25, -0.2) is 12.8 Å². The van der Waals surface area contributed by atoms with Gasteiger partial charge in [-0.2, -0.15) is 0 Å². The summed E-state index contributed by atoms with van der Waals surface area (Å²) in [6.45, 7) is 1.38. The van der Waals surface area contributed by atoms with Crippen LogP contribution in [0.2, 0.25) is 5.02 Å². The normalized spacial score (nSPS) is 13.9. The smallest absolute Gasteiger partial charge is 0.264 e. The van der Waals surface area contributed by atoms with Gasteiger partial charge in [-0.3, -0.25) is 9.10 Å². The van der Waals surface area contributed by atoms with Crippen LogP contribution in [0, 0.1) is 5.82 Å². The Labute approximate surface area is 198 Å². The number of hydrogen-bond donors (Lipinski definition) is 1. The maximum atomic E-state index is 13.7. The minimum atomic E-state index is -4.10. The van der Waals surface area contributed by atoms with Crippen LogP contribution >= 0.6 is 11.6 Å². The van der Waals surface area contributed by atoms with Crippen molar-refractivity contribution >= 4 is 33.2 Å². The summed E-state index contributed by atoms with van der Waals surface area (Å²) in [5.74, 6) is -1.16. The number of hydrogen-bond acceptors (Lipinski definition) is 3. The summed E-state index contributed by atoms with van der Waals surface area (Å²) in [6, 6.07) is 17.2. The van der Waals surface area contributed by atoms with Crippen LogP contribution in [-0.4, -0.2) is 20.9 Å². The highest BCUT2D eigenvalue weighted by Crippen LogP contribution is 2.28. The molecule has 1 atom stereocenters. The van der Waals surface area contributed by atoms with Crippen molar-refractivity contribution in [2.24, 2.45) is 0 Å². The van der Waals surface area contributed by atoms with Crippen molar-refractivity contribution in [1.29, 1.82) is 0 Å². The Kier molecular flexibility index (Phi) is 6.72. The van der Waals surface area contributed by atoms with Crippen molar-refractivity contribution < 1.29 is 17.6 Å². The van der Waals surface area contributed by atoms with Crippen molar-refractivity contribution in [1.82, 2.24) is 5.32 Å². The topological polar surface area (TPSA) is 66.5 Å². The molecule has 172 valence electrons. The largest absolute Gasteiger partial charge is 0.348 e. The third kappa shape index (κ3) is 5.04. The zero-order valence-electron chi connectivity index (χ0n) is 18.1. The van der Waals surface area contributed by atoms with Crippen molar-refractivity contribution in [2.45, 2.75) is 37.1 Å². The molecule has 0 fully saturated rings. The Morgan fingerprint density at radius 1 is 1.06 bits per heavy atom. The number of sulfonamides is 1. The average molecular weight is 487 g/mol. The molecule has 1 aliphatic carbocycles. The van der Waals surface area contributed by atoms with Crippen LogP contribution in [0.25, 0.3) is 0 Å². The van der Waals surface area contributed by atoms with Gasteiger partial charge in [-0.1, -0.05) is 48.0 Å². The molecule has 0 aromatic heterocycles. The molecule has 0 saturated heterocycles. The van der Waals surface area contributed by atoms with Crippen molar-refractivity contribution in [3.8, 4) is 0 Å². The molecule has 3 aromatic rings. The van der Waals surface area contributed by atoms with E-state index >= 15 is 0 Å². The molecular weight excluding hydrogens is 463 g/mol. The van der Waals surface area contributed by atoms with Crippen LogP contribution in [0.4, 0.5) is 10.1 Å². The monoisotopic (exact) mass is 486 g/mol.